The molecule has 8 heteroatoms. The molecule has 4 aliphatic rings. The molecule has 3 atom stereocenters. The SMILES string of the molecule is CC1(C)CCC2(CC1)N[C@@H](C(=O)NC1CCC(O)CC1)[C@H](c1cccc(Cl)c1)[C@]21C(=O)Nc2cc(C#N)ccc21. The average Bonchev–Trinajstić information content (AvgIpc) is 3.39. The van der Waals surface area contributed by atoms with Crippen molar-refractivity contribution in [3.8, 4) is 6.07 Å². The fraction of sp³-hybridized carbons (Fsp3) is 0.531. The molecule has 2 saturated carbocycles. The van der Waals surface area contributed by atoms with Crippen molar-refractivity contribution in [1.82, 2.24) is 10.6 Å². The van der Waals surface area contributed by atoms with Crippen LogP contribution in [0.5, 0.6) is 0 Å². The fourth-order valence-corrected chi connectivity index (χ4v) is 8.19. The van der Waals surface area contributed by atoms with Gasteiger partial charge in [-0.1, -0.05) is 43.6 Å². The van der Waals surface area contributed by atoms with E-state index in [1.165, 1.54) is 0 Å². The summed E-state index contributed by atoms with van der Waals surface area (Å²) in [6.07, 6.45) is 5.79. The van der Waals surface area contributed by atoms with Crippen molar-refractivity contribution in [1.29, 1.82) is 5.26 Å². The zero-order valence-corrected chi connectivity index (χ0v) is 23.9. The van der Waals surface area contributed by atoms with Gasteiger partial charge in [-0.15, -0.1) is 0 Å². The van der Waals surface area contributed by atoms with Gasteiger partial charge in [0.05, 0.1) is 23.8 Å². The predicted molar refractivity (Wildman–Crippen MR) is 154 cm³/mol. The molecule has 0 aromatic heterocycles. The van der Waals surface area contributed by atoms with Crippen LogP contribution in [0.2, 0.25) is 5.02 Å². The summed E-state index contributed by atoms with van der Waals surface area (Å²) in [5.74, 6) is -0.774. The van der Waals surface area contributed by atoms with Crippen molar-refractivity contribution < 1.29 is 14.7 Å². The van der Waals surface area contributed by atoms with E-state index in [0.717, 1.165) is 49.7 Å². The molecule has 2 heterocycles. The number of amides is 2. The maximum Gasteiger partial charge on any atom is 0.238 e. The molecule has 2 aliphatic heterocycles. The summed E-state index contributed by atoms with van der Waals surface area (Å²) in [6.45, 7) is 4.53. The van der Waals surface area contributed by atoms with Crippen LogP contribution in [0.15, 0.2) is 42.5 Å². The van der Waals surface area contributed by atoms with Crippen LogP contribution >= 0.6 is 11.6 Å². The lowest BCUT2D eigenvalue weighted by Gasteiger charge is -2.50. The zero-order chi connectivity index (χ0) is 28.3. The Hall–Kier alpha value is -2.92. The first-order valence-electron chi connectivity index (χ1n) is 14.5. The van der Waals surface area contributed by atoms with Gasteiger partial charge in [0.1, 0.15) is 5.41 Å². The summed E-state index contributed by atoms with van der Waals surface area (Å²) in [6, 6.07) is 14.5. The molecule has 40 heavy (non-hydrogen) atoms. The van der Waals surface area contributed by atoms with Crippen molar-refractivity contribution in [3.05, 3.63) is 64.2 Å². The minimum atomic E-state index is -1.07. The number of aliphatic hydroxyl groups is 1. The van der Waals surface area contributed by atoms with E-state index in [0.29, 0.717) is 29.1 Å². The first kappa shape index (κ1) is 27.3. The van der Waals surface area contributed by atoms with Crippen LogP contribution in [0.25, 0.3) is 0 Å². The highest BCUT2D eigenvalue weighted by molar-refractivity contribution is 6.30. The number of nitrogens with one attached hydrogen (secondary N) is 3. The van der Waals surface area contributed by atoms with Crippen LogP contribution in [-0.2, 0) is 15.0 Å². The monoisotopic (exact) mass is 560 g/mol. The Morgan fingerprint density at radius 2 is 1.80 bits per heavy atom. The third kappa shape index (κ3) is 4.24. The number of nitriles is 1. The van der Waals surface area contributed by atoms with Crippen LogP contribution in [0.1, 0.15) is 87.8 Å². The standard InChI is InChI=1S/C32H37ClN4O3/c1-30(2)12-14-31(15-13-30)32(24-11-6-19(18-34)16-25(24)36-29(32)40)26(20-4-3-5-21(33)17-20)27(37-31)28(39)35-22-7-9-23(38)10-8-22/h3-6,11,16-17,22-23,26-27,37-38H,7-10,12-15H2,1-2H3,(H,35,39)(H,36,40)/t22?,23?,26-,27+,32+/m0/s1. The summed E-state index contributed by atoms with van der Waals surface area (Å²) in [7, 11) is 0. The van der Waals surface area contributed by atoms with Crippen molar-refractivity contribution >= 4 is 29.1 Å². The van der Waals surface area contributed by atoms with Gasteiger partial charge in [-0.05, 0) is 92.2 Å². The minimum Gasteiger partial charge on any atom is -0.393 e. The molecule has 210 valence electrons. The molecule has 7 nitrogen and oxygen atoms in total. The fourth-order valence-electron chi connectivity index (χ4n) is 7.99. The third-order valence-electron chi connectivity index (χ3n) is 10.2. The molecule has 3 fully saturated rings. The lowest BCUT2D eigenvalue weighted by atomic mass is 9.53. The normalized spacial score (nSPS) is 31.9. The van der Waals surface area contributed by atoms with Crippen molar-refractivity contribution in [2.75, 3.05) is 5.32 Å². The molecule has 1 saturated heterocycles. The van der Waals surface area contributed by atoms with Crippen molar-refractivity contribution in [2.45, 2.75) is 100 Å². The lowest BCUT2D eigenvalue weighted by molar-refractivity contribution is -0.125. The summed E-state index contributed by atoms with van der Waals surface area (Å²) in [5, 5.41) is 30.4. The van der Waals surface area contributed by atoms with Crippen LogP contribution in [0, 0.1) is 16.7 Å². The molecular weight excluding hydrogens is 524 g/mol. The van der Waals surface area contributed by atoms with E-state index in [2.05, 4.69) is 35.9 Å². The van der Waals surface area contributed by atoms with Crippen LogP contribution in [0.3, 0.4) is 0 Å². The van der Waals surface area contributed by atoms with Crippen LogP contribution in [-0.4, -0.2) is 40.6 Å². The molecule has 2 aliphatic carbocycles. The second-order valence-electron chi connectivity index (χ2n) is 13.0. The number of carbonyl (C=O) groups excluding carboxylic acids is 2. The van der Waals surface area contributed by atoms with Gasteiger partial charge in [0.15, 0.2) is 0 Å². The number of aliphatic hydroxyl groups excluding tert-OH is 1. The molecule has 0 bridgehead atoms. The highest BCUT2D eigenvalue weighted by Gasteiger charge is 2.72. The topological polar surface area (TPSA) is 114 Å². The van der Waals surface area contributed by atoms with Gasteiger partial charge >= 0.3 is 0 Å². The molecule has 2 aromatic carbocycles. The van der Waals surface area contributed by atoms with Gasteiger partial charge in [-0.25, -0.2) is 0 Å². The molecule has 2 aromatic rings. The van der Waals surface area contributed by atoms with Crippen LogP contribution in [0.4, 0.5) is 5.69 Å². The minimum absolute atomic E-state index is 0.0154. The van der Waals surface area contributed by atoms with E-state index in [1.54, 1.807) is 12.1 Å². The molecule has 0 radical (unpaired) electrons. The number of benzene rings is 2. The van der Waals surface area contributed by atoms with Crippen LogP contribution < -0.4 is 16.0 Å². The Labute approximate surface area is 240 Å². The van der Waals surface area contributed by atoms with Gasteiger partial charge in [0.2, 0.25) is 11.8 Å². The summed E-state index contributed by atoms with van der Waals surface area (Å²) < 4.78 is 0. The van der Waals surface area contributed by atoms with E-state index >= 15 is 0 Å². The number of carbonyl (C=O) groups is 2. The Kier molecular flexibility index (Phi) is 6.72. The van der Waals surface area contributed by atoms with Gasteiger partial charge in [-0.2, -0.15) is 5.26 Å². The Bertz CT molecular complexity index is 1380. The second-order valence-corrected chi connectivity index (χ2v) is 13.5. The van der Waals surface area contributed by atoms with Gasteiger partial charge in [0, 0.05) is 28.2 Å². The van der Waals surface area contributed by atoms with Gasteiger partial charge in [-0.3, -0.25) is 14.9 Å². The Balaban J connectivity index is 1.52. The molecule has 4 N–H and O–H groups in total. The summed E-state index contributed by atoms with van der Waals surface area (Å²) >= 11 is 6.52. The Morgan fingerprint density at radius 1 is 1.07 bits per heavy atom. The number of rotatable bonds is 3. The smallest absolute Gasteiger partial charge is 0.238 e. The van der Waals surface area contributed by atoms with Crippen molar-refractivity contribution in [2.24, 2.45) is 5.41 Å². The molecule has 6 rings (SSSR count). The number of halogens is 1. The number of anilines is 1. The van der Waals surface area contributed by atoms with E-state index in [-0.39, 0.29) is 29.4 Å². The highest BCUT2D eigenvalue weighted by atomic mass is 35.5. The second kappa shape index (κ2) is 9.87. The lowest BCUT2D eigenvalue weighted by Crippen LogP contribution is -2.61. The predicted octanol–water partition coefficient (Wildman–Crippen LogP) is 4.92. The molecule has 0 unspecified atom stereocenters. The Morgan fingerprint density at radius 3 is 2.48 bits per heavy atom. The summed E-state index contributed by atoms with van der Waals surface area (Å²) in [4.78, 5) is 28.8. The highest BCUT2D eigenvalue weighted by Crippen LogP contribution is 2.63. The number of hydrogen-bond donors (Lipinski definition) is 4. The van der Waals surface area contributed by atoms with Gasteiger partial charge < -0.3 is 15.7 Å². The molecular formula is C32H37ClN4O3. The number of fused-ring (bicyclic) bond motifs is 3. The van der Waals surface area contributed by atoms with Crippen molar-refractivity contribution in [3.63, 3.8) is 0 Å². The largest absolute Gasteiger partial charge is 0.393 e. The van der Waals surface area contributed by atoms with E-state index in [9.17, 15) is 20.0 Å². The average molecular weight is 561 g/mol. The van der Waals surface area contributed by atoms with E-state index in [1.807, 2.05) is 30.3 Å². The first-order valence-corrected chi connectivity index (χ1v) is 14.8. The third-order valence-corrected chi connectivity index (χ3v) is 10.4. The van der Waals surface area contributed by atoms with E-state index in [4.69, 9.17) is 11.6 Å². The summed E-state index contributed by atoms with van der Waals surface area (Å²) in [5.41, 5.74) is 1.20. The first-order chi connectivity index (χ1) is 19.1. The molecule has 2 amide bonds. The maximum atomic E-state index is 14.5. The number of hydrogen-bond acceptors (Lipinski definition) is 5. The zero-order valence-electron chi connectivity index (χ0n) is 23.1. The maximum absolute atomic E-state index is 14.5. The van der Waals surface area contributed by atoms with Gasteiger partial charge in [0.25, 0.3) is 0 Å². The molecule has 2 spiro atoms. The number of nitrogens with zero attached hydrogens (tertiary/aromatic N) is 1. The van der Waals surface area contributed by atoms with E-state index < -0.39 is 22.9 Å². The quantitative estimate of drug-likeness (QED) is 0.425.